The lowest BCUT2D eigenvalue weighted by Crippen LogP contribution is -1.78. The third-order valence-electron chi connectivity index (χ3n) is 2.26. The summed E-state index contributed by atoms with van der Waals surface area (Å²) >= 11 is 0. The first-order valence-electron chi connectivity index (χ1n) is 4.79. The molecule has 0 aliphatic heterocycles. The molecule has 0 spiro atoms. The molecule has 0 bridgehead atoms. The Hall–Kier alpha value is -2.23. The number of hydrogen-bond donors (Lipinski definition) is 0. The molecule has 0 saturated heterocycles. The van der Waals surface area contributed by atoms with E-state index in [0.717, 1.165) is 0 Å². The normalized spacial score (nSPS) is 10.8. The summed E-state index contributed by atoms with van der Waals surface area (Å²) in [7, 11) is 0. The molecule has 3 rings (SSSR count). The van der Waals surface area contributed by atoms with Gasteiger partial charge in [0.25, 0.3) is 0 Å². The highest BCUT2D eigenvalue weighted by molar-refractivity contribution is 5.74. The predicted molar refractivity (Wildman–Crippen MR) is 57.2 cm³/mol. The average molecular weight is 214 g/mol. The van der Waals surface area contributed by atoms with Crippen LogP contribution in [0, 0.1) is 5.82 Å². The summed E-state index contributed by atoms with van der Waals surface area (Å²) in [6.45, 7) is 0. The summed E-state index contributed by atoms with van der Waals surface area (Å²) in [5.41, 5.74) is 1.94. The molecule has 0 atom stereocenters. The molecule has 2 heterocycles. The quantitative estimate of drug-likeness (QED) is 0.625. The molecular weight excluding hydrogens is 207 g/mol. The van der Waals surface area contributed by atoms with Crippen LogP contribution < -0.4 is 0 Å². The Bertz CT molecular complexity index is 615. The third-order valence-corrected chi connectivity index (χ3v) is 2.26. The molecule has 0 aliphatic rings. The number of aromatic nitrogens is 2. The van der Waals surface area contributed by atoms with Gasteiger partial charge in [-0.3, -0.25) is 4.98 Å². The number of fused-ring (bicyclic) bond motifs is 1. The van der Waals surface area contributed by atoms with Gasteiger partial charge in [0.2, 0.25) is 5.89 Å². The number of pyridine rings is 1. The molecule has 2 aromatic heterocycles. The largest absolute Gasteiger partial charge is 0.436 e. The summed E-state index contributed by atoms with van der Waals surface area (Å²) < 4.78 is 18.5. The molecule has 0 amide bonds. The van der Waals surface area contributed by atoms with E-state index in [1.54, 1.807) is 30.6 Å². The summed E-state index contributed by atoms with van der Waals surface area (Å²) in [5, 5.41) is 0. The zero-order chi connectivity index (χ0) is 11.0. The maximum atomic E-state index is 13.0. The van der Waals surface area contributed by atoms with Crippen molar-refractivity contribution < 1.29 is 8.81 Å². The van der Waals surface area contributed by atoms with Crippen molar-refractivity contribution in [3.05, 3.63) is 48.5 Å². The Balaban J connectivity index is 2.19. The number of oxazole rings is 1. The summed E-state index contributed by atoms with van der Waals surface area (Å²) in [4.78, 5) is 8.17. The molecule has 0 aliphatic carbocycles. The van der Waals surface area contributed by atoms with Gasteiger partial charge in [0.05, 0.1) is 6.20 Å². The van der Waals surface area contributed by atoms with Gasteiger partial charge in [0.15, 0.2) is 5.58 Å². The van der Waals surface area contributed by atoms with E-state index >= 15 is 0 Å². The van der Waals surface area contributed by atoms with Crippen LogP contribution in [0.3, 0.4) is 0 Å². The minimum Gasteiger partial charge on any atom is -0.436 e. The van der Waals surface area contributed by atoms with Gasteiger partial charge in [0, 0.05) is 17.8 Å². The summed E-state index contributed by atoms with van der Waals surface area (Å²) in [5.74, 6) is 0.0976. The maximum Gasteiger partial charge on any atom is 0.227 e. The van der Waals surface area contributed by atoms with Crippen LogP contribution in [0.15, 0.2) is 47.1 Å². The van der Waals surface area contributed by atoms with Gasteiger partial charge in [-0.25, -0.2) is 9.37 Å². The molecule has 4 heteroatoms. The van der Waals surface area contributed by atoms with Crippen LogP contribution in [0.5, 0.6) is 0 Å². The van der Waals surface area contributed by atoms with E-state index < -0.39 is 0 Å². The van der Waals surface area contributed by atoms with Crippen molar-refractivity contribution in [1.29, 1.82) is 0 Å². The van der Waals surface area contributed by atoms with Gasteiger partial charge in [-0.15, -0.1) is 0 Å². The van der Waals surface area contributed by atoms with Crippen molar-refractivity contribution in [3.8, 4) is 11.5 Å². The van der Waals surface area contributed by atoms with Crippen LogP contribution in [0.4, 0.5) is 4.39 Å². The monoisotopic (exact) mass is 214 g/mol. The maximum absolute atomic E-state index is 13.0. The lowest BCUT2D eigenvalue weighted by atomic mass is 10.2. The Labute approximate surface area is 90.6 Å². The fourth-order valence-electron chi connectivity index (χ4n) is 1.52. The lowest BCUT2D eigenvalue weighted by molar-refractivity contribution is 0.611. The zero-order valence-corrected chi connectivity index (χ0v) is 8.22. The van der Waals surface area contributed by atoms with Crippen molar-refractivity contribution >= 4 is 11.1 Å². The first kappa shape index (κ1) is 9.03. The predicted octanol–water partition coefficient (Wildman–Crippen LogP) is 3.03. The van der Waals surface area contributed by atoms with Crippen molar-refractivity contribution in [1.82, 2.24) is 9.97 Å². The van der Waals surface area contributed by atoms with Crippen molar-refractivity contribution in [2.24, 2.45) is 0 Å². The number of halogens is 1. The smallest absolute Gasteiger partial charge is 0.227 e. The topological polar surface area (TPSA) is 38.9 Å². The van der Waals surface area contributed by atoms with Crippen LogP contribution in [-0.4, -0.2) is 9.97 Å². The molecule has 0 unspecified atom stereocenters. The lowest BCUT2D eigenvalue weighted by Gasteiger charge is -1.93. The third kappa shape index (κ3) is 1.44. The number of benzene rings is 1. The summed E-state index contributed by atoms with van der Waals surface area (Å²) in [6.07, 6.45) is 3.24. The SMILES string of the molecule is Fc1cccc(-c2nc3cnccc3o2)c1. The molecule has 0 radical (unpaired) electrons. The highest BCUT2D eigenvalue weighted by atomic mass is 19.1. The summed E-state index contributed by atoms with van der Waals surface area (Å²) in [6, 6.07) is 7.87. The van der Waals surface area contributed by atoms with Gasteiger partial charge < -0.3 is 4.42 Å². The molecule has 16 heavy (non-hydrogen) atoms. The standard InChI is InChI=1S/C12H7FN2O/c13-9-3-1-2-8(6-9)12-15-10-7-14-5-4-11(10)16-12/h1-7H. The van der Waals surface area contributed by atoms with Gasteiger partial charge in [0.1, 0.15) is 11.3 Å². The minimum absolute atomic E-state index is 0.308. The average Bonchev–Trinajstić information content (AvgIpc) is 2.72. The van der Waals surface area contributed by atoms with E-state index in [2.05, 4.69) is 9.97 Å². The zero-order valence-electron chi connectivity index (χ0n) is 8.22. The second kappa shape index (κ2) is 3.41. The van der Waals surface area contributed by atoms with E-state index in [1.807, 2.05) is 0 Å². The van der Waals surface area contributed by atoms with Gasteiger partial charge in [-0.2, -0.15) is 0 Å². The Morgan fingerprint density at radius 2 is 2.12 bits per heavy atom. The first-order valence-corrected chi connectivity index (χ1v) is 4.79. The molecule has 3 nitrogen and oxygen atoms in total. The van der Waals surface area contributed by atoms with E-state index in [0.29, 0.717) is 22.6 Å². The number of nitrogens with zero attached hydrogens (tertiary/aromatic N) is 2. The Morgan fingerprint density at radius 1 is 1.19 bits per heavy atom. The van der Waals surface area contributed by atoms with Gasteiger partial charge in [-0.05, 0) is 18.2 Å². The van der Waals surface area contributed by atoms with Crippen molar-refractivity contribution in [2.75, 3.05) is 0 Å². The molecule has 0 N–H and O–H groups in total. The van der Waals surface area contributed by atoms with Crippen LogP contribution in [-0.2, 0) is 0 Å². The number of rotatable bonds is 1. The molecule has 78 valence electrons. The van der Waals surface area contributed by atoms with Gasteiger partial charge >= 0.3 is 0 Å². The molecule has 0 saturated carbocycles. The fraction of sp³-hybridized carbons (Fsp3) is 0. The Morgan fingerprint density at radius 3 is 2.94 bits per heavy atom. The molecular formula is C12H7FN2O. The van der Waals surface area contributed by atoms with Crippen LogP contribution in [0.2, 0.25) is 0 Å². The van der Waals surface area contributed by atoms with E-state index in [-0.39, 0.29) is 5.82 Å². The highest BCUT2D eigenvalue weighted by Crippen LogP contribution is 2.23. The molecule has 0 fully saturated rings. The van der Waals surface area contributed by atoms with Crippen molar-refractivity contribution in [3.63, 3.8) is 0 Å². The molecule has 3 aromatic rings. The van der Waals surface area contributed by atoms with Crippen LogP contribution in [0.25, 0.3) is 22.6 Å². The second-order valence-electron chi connectivity index (χ2n) is 3.37. The minimum atomic E-state index is -0.308. The van der Waals surface area contributed by atoms with Crippen LogP contribution >= 0.6 is 0 Å². The van der Waals surface area contributed by atoms with Crippen LogP contribution in [0.1, 0.15) is 0 Å². The highest BCUT2D eigenvalue weighted by Gasteiger charge is 2.08. The van der Waals surface area contributed by atoms with E-state index in [9.17, 15) is 4.39 Å². The number of hydrogen-bond acceptors (Lipinski definition) is 3. The second-order valence-corrected chi connectivity index (χ2v) is 3.37. The van der Waals surface area contributed by atoms with Gasteiger partial charge in [-0.1, -0.05) is 6.07 Å². The van der Waals surface area contributed by atoms with E-state index in [4.69, 9.17) is 4.42 Å². The Kier molecular flexibility index (Phi) is 1.93. The first-order chi connectivity index (χ1) is 7.83. The van der Waals surface area contributed by atoms with E-state index in [1.165, 1.54) is 12.1 Å². The molecule has 1 aromatic carbocycles. The fourth-order valence-corrected chi connectivity index (χ4v) is 1.52. The van der Waals surface area contributed by atoms with Crippen molar-refractivity contribution in [2.45, 2.75) is 0 Å².